The van der Waals surface area contributed by atoms with Crippen LogP contribution in [0.1, 0.15) is 36.8 Å². The van der Waals surface area contributed by atoms with Gasteiger partial charge in [-0.05, 0) is 54.9 Å². The standard InChI is InChI=1S/C20H20ClF3N2S/c21-18-11-4-1-6-14(18)13-26(17-9-2-3-10-17)19(27)25-16-8-5-7-15(12-16)20(22,23)24/h1,4-8,11-12,17H,2-3,9-10,13H2,(H,25,27). The number of thiocarbonyl (C=S) groups is 1. The van der Waals surface area contributed by atoms with E-state index in [2.05, 4.69) is 5.32 Å². The molecule has 27 heavy (non-hydrogen) atoms. The van der Waals surface area contributed by atoms with Gasteiger partial charge in [-0.2, -0.15) is 13.2 Å². The van der Waals surface area contributed by atoms with Crippen molar-refractivity contribution in [1.29, 1.82) is 0 Å². The summed E-state index contributed by atoms with van der Waals surface area (Å²) in [5.74, 6) is 0. The molecule has 1 N–H and O–H groups in total. The third-order valence-corrected chi connectivity index (χ3v) is 5.47. The third-order valence-electron chi connectivity index (χ3n) is 4.77. The molecule has 144 valence electrons. The van der Waals surface area contributed by atoms with Gasteiger partial charge in [-0.15, -0.1) is 0 Å². The Kier molecular flexibility index (Phi) is 6.27. The Morgan fingerprint density at radius 3 is 2.48 bits per heavy atom. The highest BCUT2D eigenvalue weighted by atomic mass is 35.5. The maximum absolute atomic E-state index is 13.0. The average molecular weight is 413 g/mol. The Labute approximate surface area is 167 Å². The smallest absolute Gasteiger partial charge is 0.342 e. The molecule has 2 nitrogen and oxygen atoms in total. The average Bonchev–Trinajstić information content (AvgIpc) is 3.14. The van der Waals surface area contributed by atoms with Gasteiger partial charge in [0.2, 0.25) is 0 Å². The van der Waals surface area contributed by atoms with Gasteiger partial charge in [-0.3, -0.25) is 0 Å². The van der Waals surface area contributed by atoms with E-state index in [-0.39, 0.29) is 6.04 Å². The predicted octanol–water partition coefficient (Wildman–Crippen LogP) is 6.50. The van der Waals surface area contributed by atoms with Gasteiger partial charge >= 0.3 is 6.18 Å². The molecule has 0 aromatic heterocycles. The first kappa shape index (κ1) is 20.0. The van der Waals surface area contributed by atoms with E-state index in [0.29, 0.717) is 22.4 Å². The van der Waals surface area contributed by atoms with E-state index in [1.165, 1.54) is 6.07 Å². The number of halogens is 4. The molecule has 1 aliphatic rings. The lowest BCUT2D eigenvalue weighted by Gasteiger charge is -2.32. The fourth-order valence-corrected chi connectivity index (χ4v) is 3.89. The van der Waals surface area contributed by atoms with E-state index in [4.69, 9.17) is 23.8 Å². The monoisotopic (exact) mass is 412 g/mol. The summed E-state index contributed by atoms with van der Waals surface area (Å²) in [6, 6.07) is 12.9. The van der Waals surface area contributed by atoms with E-state index in [0.717, 1.165) is 43.4 Å². The van der Waals surface area contributed by atoms with E-state index in [1.54, 1.807) is 6.07 Å². The van der Waals surface area contributed by atoms with Gasteiger partial charge in [0, 0.05) is 23.3 Å². The summed E-state index contributed by atoms with van der Waals surface area (Å²) in [6.45, 7) is 0.523. The number of hydrogen-bond acceptors (Lipinski definition) is 1. The highest BCUT2D eigenvalue weighted by Crippen LogP contribution is 2.31. The molecule has 1 aliphatic carbocycles. The van der Waals surface area contributed by atoms with Crippen molar-refractivity contribution in [2.75, 3.05) is 5.32 Å². The Morgan fingerprint density at radius 1 is 1.11 bits per heavy atom. The van der Waals surface area contributed by atoms with Crippen LogP contribution in [0.5, 0.6) is 0 Å². The Morgan fingerprint density at radius 2 is 1.81 bits per heavy atom. The molecule has 0 heterocycles. The van der Waals surface area contributed by atoms with Crippen LogP contribution >= 0.6 is 23.8 Å². The molecule has 0 spiro atoms. The molecule has 0 atom stereocenters. The molecule has 0 aliphatic heterocycles. The highest BCUT2D eigenvalue weighted by molar-refractivity contribution is 7.80. The molecule has 0 saturated heterocycles. The summed E-state index contributed by atoms with van der Waals surface area (Å²) in [6.07, 6.45) is -0.128. The van der Waals surface area contributed by atoms with Crippen LogP contribution in [0.25, 0.3) is 0 Å². The lowest BCUT2D eigenvalue weighted by atomic mass is 10.1. The molecule has 0 amide bonds. The normalized spacial score (nSPS) is 15.0. The molecular formula is C20H20ClF3N2S. The number of rotatable bonds is 4. The molecule has 1 fully saturated rings. The van der Waals surface area contributed by atoms with E-state index < -0.39 is 11.7 Å². The number of anilines is 1. The fourth-order valence-electron chi connectivity index (χ4n) is 3.36. The zero-order valence-electron chi connectivity index (χ0n) is 14.6. The molecule has 0 bridgehead atoms. The summed E-state index contributed by atoms with van der Waals surface area (Å²) >= 11 is 11.9. The third kappa shape index (κ3) is 5.14. The van der Waals surface area contributed by atoms with Crippen molar-refractivity contribution >= 4 is 34.6 Å². The molecule has 2 aromatic rings. The van der Waals surface area contributed by atoms with Crippen molar-refractivity contribution in [3.8, 4) is 0 Å². The molecular weight excluding hydrogens is 393 g/mol. The van der Waals surface area contributed by atoms with Crippen molar-refractivity contribution in [2.45, 2.75) is 44.4 Å². The van der Waals surface area contributed by atoms with Crippen molar-refractivity contribution in [3.63, 3.8) is 0 Å². The Balaban J connectivity index is 1.80. The van der Waals surface area contributed by atoms with E-state index in [9.17, 15) is 13.2 Å². The number of nitrogens with one attached hydrogen (secondary N) is 1. The van der Waals surface area contributed by atoms with Crippen LogP contribution in [-0.4, -0.2) is 16.1 Å². The second kappa shape index (κ2) is 8.48. The van der Waals surface area contributed by atoms with Crippen LogP contribution in [-0.2, 0) is 12.7 Å². The van der Waals surface area contributed by atoms with Crippen molar-refractivity contribution in [2.24, 2.45) is 0 Å². The van der Waals surface area contributed by atoms with Crippen LogP contribution in [0.15, 0.2) is 48.5 Å². The SMILES string of the molecule is FC(F)(F)c1cccc(NC(=S)N(Cc2ccccc2Cl)C2CCCC2)c1. The molecule has 0 unspecified atom stereocenters. The maximum Gasteiger partial charge on any atom is 0.416 e. The summed E-state index contributed by atoms with van der Waals surface area (Å²) in [4.78, 5) is 2.05. The second-order valence-corrected chi connectivity index (χ2v) is 7.46. The summed E-state index contributed by atoms with van der Waals surface area (Å²) in [7, 11) is 0. The fraction of sp³-hybridized carbons (Fsp3) is 0.350. The van der Waals surface area contributed by atoms with Gasteiger partial charge in [0.25, 0.3) is 0 Å². The first-order valence-corrected chi connectivity index (χ1v) is 9.61. The van der Waals surface area contributed by atoms with Crippen LogP contribution < -0.4 is 5.32 Å². The van der Waals surface area contributed by atoms with Gasteiger partial charge < -0.3 is 10.2 Å². The van der Waals surface area contributed by atoms with Crippen molar-refractivity contribution in [1.82, 2.24) is 4.90 Å². The van der Waals surface area contributed by atoms with Gasteiger partial charge in [-0.1, -0.05) is 48.7 Å². The zero-order chi connectivity index (χ0) is 19.4. The molecule has 3 rings (SSSR count). The first-order valence-electron chi connectivity index (χ1n) is 8.83. The van der Waals surface area contributed by atoms with Crippen LogP contribution in [0.3, 0.4) is 0 Å². The second-order valence-electron chi connectivity index (χ2n) is 6.67. The molecule has 0 radical (unpaired) electrons. The topological polar surface area (TPSA) is 15.3 Å². The lowest BCUT2D eigenvalue weighted by molar-refractivity contribution is -0.137. The largest absolute Gasteiger partial charge is 0.416 e. The van der Waals surface area contributed by atoms with Gasteiger partial charge in [0.1, 0.15) is 0 Å². The number of hydrogen-bond donors (Lipinski definition) is 1. The quantitative estimate of drug-likeness (QED) is 0.577. The first-order chi connectivity index (χ1) is 12.8. The van der Waals surface area contributed by atoms with Crippen LogP contribution in [0.4, 0.5) is 18.9 Å². The molecule has 2 aromatic carbocycles. The summed E-state index contributed by atoms with van der Waals surface area (Å²) < 4.78 is 38.9. The Hall–Kier alpha value is -1.79. The summed E-state index contributed by atoms with van der Waals surface area (Å²) in [5, 5.41) is 4.06. The zero-order valence-corrected chi connectivity index (χ0v) is 16.2. The highest BCUT2D eigenvalue weighted by Gasteiger charge is 2.31. The number of alkyl halides is 3. The number of nitrogens with zero attached hydrogens (tertiary/aromatic N) is 1. The minimum absolute atomic E-state index is 0.257. The van der Waals surface area contributed by atoms with Crippen LogP contribution in [0, 0.1) is 0 Å². The van der Waals surface area contributed by atoms with Gasteiger partial charge in [-0.25, -0.2) is 0 Å². The van der Waals surface area contributed by atoms with Crippen LogP contribution in [0.2, 0.25) is 5.02 Å². The van der Waals surface area contributed by atoms with E-state index >= 15 is 0 Å². The van der Waals surface area contributed by atoms with E-state index in [1.807, 2.05) is 29.2 Å². The molecule has 1 saturated carbocycles. The summed E-state index contributed by atoms with van der Waals surface area (Å²) in [5.41, 5.74) is 0.574. The van der Waals surface area contributed by atoms with Gasteiger partial charge in [0.05, 0.1) is 5.56 Å². The van der Waals surface area contributed by atoms with Crippen molar-refractivity contribution in [3.05, 3.63) is 64.7 Å². The predicted molar refractivity (Wildman–Crippen MR) is 107 cm³/mol. The van der Waals surface area contributed by atoms with Gasteiger partial charge in [0.15, 0.2) is 5.11 Å². The maximum atomic E-state index is 13.0. The lowest BCUT2D eigenvalue weighted by Crippen LogP contribution is -2.41. The number of benzene rings is 2. The van der Waals surface area contributed by atoms with Crippen molar-refractivity contribution < 1.29 is 13.2 Å². The minimum atomic E-state index is -4.39. The minimum Gasteiger partial charge on any atom is -0.342 e. The Bertz CT molecular complexity index is 804. The molecule has 7 heteroatoms.